The summed E-state index contributed by atoms with van der Waals surface area (Å²) in [5.41, 5.74) is 3.37. The lowest BCUT2D eigenvalue weighted by atomic mass is 10.1. The van der Waals surface area contributed by atoms with E-state index in [1.54, 1.807) is 49.5 Å². The molecule has 0 saturated heterocycles. The molecule has 4 aromatic rings. The Morgan fingerprint density at radius 3 is 2.77 bits per heavy atom. The SMILES string of the molecule is Cc1ccc(-c2nc3ncccc3o2)cc1NC(=O)[C@@H](C)Oc1ccc(Cl)cc1Cl. The number of aryl methyl sites for hydroxylation is 1. The van der Waals surface area contributed by atoms with E-state index >= 15 is 0 Å². The van der Waals surface area contributed by atoms with E-state index in [9.17, 15) is 4.79 Å². The Balaban J connectivity index is 1.53. The molecule has 8 heteroatoms. The summed E-state index contributed by atoms with van der Waals surface area (Å²) in [5.74, 6) is 0.491. The second-order valence-corrected chi connectivity index (χ2v) is 7.54. The average Bonchev–Trinajstić information content (AvgIpc) is 3.16. The first kappa shape index (κ1) is 20.2. The van der Waals surface area contributed by atoms with Crippen molar-refractivity contribution in [2.24, 2.45) is 0 Å². The number of hydrogen-bond acceptors (Lipinski definition) is 5. The molecule has 152 valence electrons. The molecule has 0 aliphatic carbocycles. The first-order valence-electron chi connectivity index (χ1n) is 9.16. The van der Waals surface area contributed by atoms with Gasteiger partial charge in [0, 0.05) is 22.5 Å². The van der Waals surface area contributed by atoms with E-state index in [2.05, 4.69) is 15.3 Å². The number of aromatic nitrogens is 2. The van der Waals surface area contributed by atoms with Crippen LogP contribution in [0.1, 0.15) is 12.5 Å². The number of carbonyl (C=O) groups excluding carboxylic acids is 1. The summed E-state index contributed by atoms with van der Waals surface area (Å²) in [5, 5.41) is 3.72. The highest BCUT2D eigenvalue weighted by atomic mass is 35.5. The number of carbonyl (C=O) groups is 1. The summed E-state index contributed by atoms with van der Waals surface area (Å²) >= 11 is 12.0. The molecule has 1 atom stereocenters. The molecule has 0 aliphatic heterocycles. The highest BCUT2D eigenvalue weighted by Gasteiger charge is 2.18. The van der Waals surface area contributed by atoms with Crippen molar-refractivity contribution in [3.8, 4) is 17.2 Å². The number of oxazole rings is 1. The topological polar surface area (TPSA) is 77.3 Å². The van der Waals surface area contributed by atoms with Crippen molar-refractivity contribution in [3.05, 3.63) is 70.3 Å². The highest BCUT2D eigenvalue weighted by molar-refractivity contribution is 6.35. The molecule has 0 saturated carbocycles. The molecule has 2 aromatic heterocycles. The van der Waals surface area contributed by atoms with E-state index < -0.39 is 6.10 Å². The third-order valence-electron chi connectivity index (χ3n) is 4.47. The molecular formula is C22H17Cl2N3O3. The van der Waals surface area contributed by atoms with Crippen molar-refractivity contribution in [2.45, 2.75) is 20.0 Å². The standard InChI is InChI=1S/C22H17Cl2N3O3/c1-12-5-6-14(22-27-20-19(30-22)4-3-9-25-20)10-17(12)26-21(28)13(2)29-18-8-7-15(23)11-16(18)24/h3-11,13H,1-2H3,(H,26,28)/t13-/m1/s1. The van der Waals surface area contributed by atoms with Crippen LogP contribution in [0.4, 0.5) is 5.69 Å². The number of nitrogens with one attached hydrogen (secondary N) is 1. The van der Waals surface area contributed by atoms with Gasteiger partial charge in [-0.15, -0.1) is 0 Å². The molecule has 1 amide bonds. The summed E-state index contributed by atoms with van der Waals surface area (Å²) in [6.07, 6.45) is 0.879. The van der Waals surface area contributed by atoms with Gasteiger partial charge in [-0.1, -0.05) is 29.3 Å². The molecule has 2 aromatic carbocycles. The molecule has 30 heavy (non-hydrogen) atoms. The summed E-state index contributed by atoms with van der Waals surface area (Å²) < 4.78 is 11.5. The molecule has 4 rings (SSSR count). The normalized spacial score (nSPS) is 12.0. The zero-order chi connectivity index (χ0) is 21.3. The Labute approximate surface area is 182 Å². The van der Waals surface area contributed by atoms with Crippen LogP contribution in [0.2, 0.25) is 10.0 Å². The maximum atomic E-state index is 12.7. The van der Waals surface area contributed by atoms with Crippen LogP contribution in [0.25, 0.3) is 22.7 Å². The summed E-state index contributed by atoms with van der Waals surface area (Å²) in [4.78, 5) is 21.3. The molecule has 6 nitrogen and oxygen atoms in total. The van der Waals surface area contributed by atoms with Crippen LogP contribution in [0.15, 0.2) is 59.1 Å². The monoisotopic (exact) mass is 441 g/mol. The molecule has 2 heterocycles. The lowest BCUT2D eigenvalue weighted by Gasteiger charge is -2.17. The molecule has 0 radical (unpaired) electrons. The summed E-state index contributed by atoms with van der Waals surface area (Å²) in [7, 11) is 0. The fraction of sp³-hybridized carbons (Fsp3) is 0.136. The maximum absolute atomic E-state index is 12.7. The van der Waals surface area contributed by atoms with Crippen molar-refractivity contribution in [2.75, 3.05) is 5.32 Å². The van der Waals surface area contributed by atoms with Crippen LogP contribution in [0.3, 0.4) is 0 Å². The largest absolute Gasteiger partial charge is 0.479 e. The minimum atomic E-state index is -0.778. The van der Waals surface area contributed by atoms with Gasteiger partial charge in [0.2, 0.25) is 5.89 Å². The number of halogens is 2. The number of fused-ring (bicyclic) bond motifs is 1. The highest BCUT2D eigenvalue weighted by Crippen LogP contribution is 2.30. The number of pyridine rings is 1. The molecule has 1 N–H and O–H groups in total. The Hall–Kier alpha value is -3.09. The van der Waals surface area contributed by atoms with Crippen LogP contribution in [-0.2, 0) is 4.79 Å². The van der Waals surface area contributed by atoms with Crippen LogP contribution in [0, 0.1) is 6.92 Å². The van der Waals surface area contributed by atoms with Crippen molar-refractivity contribution in [3.63, 3.8) is 0 Å². The zero-order valence-electron chi connectivity index (χ0n) is 16.1. The predicted molar refractivity (Wildman–Crippen MR) is 117 cm³/mol. The number of benzene rings is 2. The van der Waals surface area contributed by atoms with Gasteiger partial charge in [-0.25, -0.2) is 4.98 Å². The Morgan fingerprint density at radius 2 is 2.00 bits per heavy atom. The number of ether oxygens (including phenoxy) is 1. The molecule has 0 fully saturated rings. The van der Waals surface area contributed by atoms with Gasteiger partial charge in [0.05, 0.1) is 5.02 Å². The van der Waals surface area contributed by atoms with Gasteiger partial charge in [-0.2, -0.15) is 4.98 Å². The molecule has 0 aliphatic rings. The fourth-order valence-electron chi connectivity index (χ4n) is 2.83. The lowest BCUT2D eigenvalue weighted by molar-refractivity contribution is -0.122. The summed E-state index contributed by atoms with van der Waals surface area (Å²) in [6, 6.07) is 14.0. The molecule has 0 spiro atoms. The van der Waals surface area contributed by atoms with E-state index in [1.807, 2.05) is 19.1 Å². The number of nitrogens with zero attached hydrogens (tertiary/aromatic N) is 2. The van der Waals surface area contributed by atoms with Gasteiger partial charge in [0.1, 0.15) is 5.75 Å². The number of rotatable bonds is 5. The lowest BCUT2D eigenvalue weighted by Crippen LogP contribution is -2.30. The Morgan fingerprint density at radius 1 is 1.17 bits per heavy atom. The van der Waals surface area contributed by atoms with Crippen molar-refractivity contribution >= 4 is 46.0 Å². The van der Waals surface area contributed by atoms with Gasteiger partial charge in [-0.3, -0.25) is 4.79 Å². The third kappa shape index (κ3) is 4.25. The van der Waals surface area contributed by atoms with Crippen LogP contribution >= 0.6 is 23.2 Å². The van der Waals surface area contributed by atoms with Crippen molar-refractivity contribution in [1.29, 1.82) is 0 Å². The van der Waals surface area contributed by atoms with E-state index in [4.69, 9.17) is 32.4 Å². The van der Waals surface area contributed by atoms with Gasteiger partial charge in [0.15, 0.2) is 17.3 Å². The molecular weight excluding hydrogens is 425 g/mol. The van der Waals surface area contributed by atoms with E-state index in [1.165, 1.54) is 0 Å². The first-order valence-corrected chi connectivity index (χ1v) is 9.91. The van der Waals surface area contributed by atoms with Crippen LogP contribution in [0.5, 0.6) is 5.75 Å². The number of amides is 1. The van der Waals surface area contributed by atoms with Gasteiger partial charge in [-0.05, 0) is 61.9 Å². The molecule has 0 unspecified atom stereocenters. The van der Waals surface area contributed by atoms with Crippen LogP contribution in [-0.4, -0.2) is 22.0 Å². The fourth-order valence-corrected chi connectivity index (χ4v) is 3.28. The van der Waals surface area contributed by atoms with Crippen molar-refractivity contribution in [1.82, 2.24) is 9.97 Å². The second kappa shape index (κ2) is 8.34. The minimum Gasteiger partial charge on any atom is -0.479 e. The molecule has 0 bridgehead atoms. The Kier molecular flexibility index (Phi) is 5.61. The smallest absolute Gasteiger partial charge is 0.265 e. The van der Waals surface area contributed by atoms with Gasteiger partial charge in [0.25, 0.3) is 5.91 Å². The predicted octanol–water partition coefficient (Wildman–Crippen LogP) is 5.91. The van der Waals surface area contributed by atoms with E-state index in [0.717, 1.165) is 11.1 Å². The average molecular weight is 442 g/mol. The van der Waals surface area contributed by atoms with E-state index in [0.29, 0.717) is 38.6 Å². The maximum Gasteiger partial charge on any atom is 0.265 e. The zero-order valence-corrected chi connectivity index (χ0v) is 17.7. The number of hydrogen-bond donors (Lipinski definition) is 1. The van der Waals surface area contributed by atoms with Gasteiger partial charge >= 0.3 is 0 Å². The quantitative estimate of drug-likeness (QED) is 0.416. The van der Waals surface area contributed by atoms with Crippen molar-refractivity contribution < 1.29 is 13.9 Å². The summed E-state index contributed by atoms with van der Waals surface area (Å²) in [6.45, 7) is 3.54. The first-order chi connectivity index (χ1) is 14.4. The minimum absolute atomic E-state index is 0.319. The van der Waals surface area contributed by atoms with E-state index in [-0.39, 0.29) is 5.91 Å². The Bertz CT molecular complexity index is 1210. The van der Waals surface area contributed by atoms with Gasteiger partial charge < -0.3 is 14.5 Å². The number of anilines is 1. The second-order valence-electron chi connectivity index (χ2n) is 6.70. The third-order valence-corrected chi connectivity index (χ3v) is 5.00. The van der Waals surface area contributed by atoms with Crippen LogP contribution < -0.4 is 10.1 Å².